The topological polar surface area (TPSA) is 30.8 Å². The van der Waals surface area contributed by atoms with Crippen molar-refractivity contribution in [1.82, 2.24) is 0 Å². The fourth-order valence-corrected chi connectivity index (χ4v) is 2.99. The van der Waals surface area contributed by atoms with Crippen LogP contribution in [0.25, 0.3) is 0 Å². The normalized spacial score (nSPS) is 22.7. The Labute approximate surface area is 182 Å². The van der Waals surface area contributed by atoms with Gasteiger partial charge in [-0.15, -0.1) is 0 Å². The Hall–Kier alpha value is -0.991. The Morgan fingerprint density at radius 3 is 2.11 bits per heavy atom. The SMILES string of the molecule is COc1ccccc1[C]1[CH][CH][CH][C]1C1=N[C@@H](C(C)(C)C)CO1.[CH]1[CH][CH][CH][CH]1.[Fe+2]. The maximum absolute atomic E-state index is 5.88. The molecule has 0 saturated heterocycles. The third-order valence-corrected chi connectivity index (χ3v) is 4.65. The molecule has 4 heteroatoms. The number of para-hydroxylation sites is 1. The van der Waals surface area contributed by atoms with E-state index >= 15 is 0 Å². The minimum atomic E-state index is 0. The molecule has 1 atom stereocenters. The number of benzene rings is 1. The fraction of sp³-hybridized carbons (Fsp3) is 0.292. The van der Waals surface area contributed by atoms with E-state index < -0.39 is 0 Å². The molecule has 1 aliphatic heterocycles. The van der Waals surface area contributed by atoms with Gasteiger partial charge in [0, 0.05) is 11.5 Å². The van der Waals surface area contributed by atoms with Crippen molar-refractivity contribution in [3.63, 3.8) is 0 Å². The molecule has 1 aromatic carbocycles. The van der Waals surface area contributed by atoms with Crippen LogP contribution in [0, 0.1) is 68.6 Å². The van der Waals surface area contributed by atoms with Crippen LogP contribution in [0.4, 0.5) is 0 Å². The Bertz CT molecular complexity index is 626. The third kappa shape index (κ3) is 5.76. The first-order valence-electron chi connectivity index (χ1n) is 9.27. The van der Waals surface area contributed by atoms with Crippen LogP contribution < -0.4 is 4.74 Å². The molecule has 0 bridgehead atoms. The van der Waals surface area contributed by atoms with Crippen LogP contribution in [0.5, 0.6) is 5.75 Å². The van der Waals surface area contributed by atoms with E-state index in [-0.39, 0.29) is 28.5 Å². The van der Waals surface area contributed by atoms with E-state index in [1.807, 2.05) is 56.7 Å². The van der Waals surface area contributed by atoms with Gasteiger partial charge in [-0.05, 0) is 62.8 Å². The summed E-state index contributed by atoms with van der Waals surface area (Å²) in [6.07, 6.45) is 16.2. The first kappa shape index (κ1) is 23.3. The summed E-state index contributed by atoms with van der Waals surface area (Å²) in [5.74, 6) is 3.74. The van der Waals surface area contributed by atoms with Crippen molar-refractivity contribution in [1.29, 1.82) is 0 Å². The van der Waals surface area contributed by atoms with Crippen molar-refractivity contribution in [2.75, 3.05) is 13.7 Å². The van der Waals surface area contributed by atoms with Gasteiger partial charge in [-0.25, -0.2) is 4.99 Å². The Morgan fingerprint density at radius 1 is 0.929 bits per heavy atom. The van der Waals surface area contributed by atoms with Crippen LogP contribution in [0.1, 0.15) is 26.3 Å². The van der Waals surface area contributed by atoms with Crippen LogP contribution in [0.15, 0.2) is 29.3 Å². The molecule has 10 radical (unpaired) electrons. The molecule has 2 fully saturated rings. The molecule has 0 unspecified atom stereocenters. The number of rotatable bonds is 3. The molecule has 2 saturated carbocycles. The van der Waals surface area contributed by atoms with Gasteiger partial charge in [-0.2, -0.15) is 0 Å². The number of aliphatic imine (C=N–C) groups is 1. The molecule has 0 aromatic heterocycles. The molecule has 1 aromatic rings. The summed E-state index contributed by atoms with van der Waals surface area (Å²) in [5.41, 5.74) is 1.18. The number of ether oxygens (including phenoxy) is 2. The largest absolute Gasteiger partial charge is 2.00 e. The third-order valence-electron chi connectivity index (χ3n) is 4.65. The van der Waals surface area contributed by atoms with E-state index in [0.29, 0.717) is 6.61 Å². The predicted molar refractivity (Wildman–Crippen MR) is 110 cm³/mol. The Balaban J connectivity index is 0.000000408. The summed E-state index contributed by atoms with van der Waals surface area (Å²) in [4.78, 5) is 4.80. The van der Waals surface area contributed by atoms with E-state index in [2.05, 4.69) is 39.7 Å². The molecule has 146 valence electrons. The van der Waals surface area contributed by atoms with E-state index in [1.54, 1.807) is 7.11 Å². The number of methoxy groups -OCH3 is 1. The predicted octanol–water partition coefficient (Wildman–Crippen LogP) is 4.68. The zero-order valence-corrected chi connectivity index (χ0v) is 17.9. The summed E-state index contributed by atoms with van der Waals surface area (Å²) in [6, 6.07) is 8.23. The Kier molecular flexibility index (Phi) is 8.89. The first-order chi connectivity index (χ1) is 13.0. The number of hydrogen-bond acceptors (Lipinski definition) is 3. The van der Waals surface area contributed by atoms with Crippen molar-refractivity contribution in [3.8, 4) is 5.75 Å². The van der Waals surface area contributed by atoms with Crippen molar-refractivity contribution in [3.05, 3.63) is 93.0 Å². The van der Waals surface area contributed by atoms with Crippen LogP contribution >= 0.6 is 0 Å². The van der Waals surface area contributed by atoms with Gasteiger partial charge in [0.05, 0.1) is 19.1 Å². The van der Waals surface area contributed by atoms with Gasteiger partial charge in [0.1, 0.15) is 12.4 Å². The van der Waals surface area contributed by atoms with E-state index in [1.165, 1.54) is 0 Å². The van der Waals surface area contributed by atoms with Crippen LogP contribution in [0.3, 0.4) is 0 Å². The van der Waals surface area contributed by atoms with E-state index in [0.717, 1.165) is 29.0 Å². The van der Waals surface area contributed by atoms with Gasteiger partial charge < -0.3 is 9.47 Å². The molecule has 4 rings (SSSR count). The van der Waals surface area contributed by atoms with Crippen molar-refractivity contribution >= 4 is 5.90 Å². The molecule has 28 heavy (non-hydrogen) atoms. The van der Waals surface area contributed by atoms with Gasteiger partial charge in [-0.3, -0.25) is 0 Å². The van der Waals surface area contributed by atoms with Crippen molar-refractivity contribution in [2.45, 2.75) is 26.8 Å². The molecular weight excluding hydrogens is 390 g/mol. The molecule has 0 amide bonds. The van der Waals surface area contributed by atoms with Crippen molar-refractivity contribution < 1.29 is 26.5 Å². The van der Waals surface area contributed by atoms with Gasteiger partial charge in [0.2, 0.25) is 0 Å². The monoisotopic (exact) mass is 417 g/mol. The average Bonchev–Trinajstić information content (AvgIpc) is 3.43. The number of hydrogen-bond donors (Lipinski definition) is 0. The molecular formula is C24H27FeNO2+2. The molecule has 1 heterocycles. The zero-order chi connectivity index (χ0) is 19.3. The quantitative estimate of drug-likeness (QED) is 0.669. The Morgan fingerprint density at radius 2 is 1.54 bits per heavy atom. The van der Waals surface area contributed by atoms with Gasteiger partial charge in [0.15, 0.2) is 5.90 Å². The molecule has 0 N–H and O–H groups in total. The summed E-state index contributed by atoms with van der Waals surface area (Å²) in [5, 5.41) is 0. The fourth-order valence-electron chi connectivity index (χ4n) is 2.99. The zero-order valence-electron chi connectivity index (χ0n) is 16.8. The summed E-state index contributed by atoms with van der Waals surface area (Å²) in [7, 11) is 1.70. The molecule has 0 spiro atoms. The second-order valence-corrected chi connectivity index (χ2v) is 7.64. The van der Waals surface area contributed by atoms with E-state index in [9.17, 15) is 0 Å². The van der Waals surface area contributed by atoms with Crippen LogP contribution in [-0.2, 0) is 21.8 Å². The van der Waals surface area contributed by atoms with E-state index in [4.69, 9.17) is 14.5 Å². The van der Waals surface area contributed by atoms with Gasteiger partial charge in [0.25, 0.3) is 0 Å². The summed E-state index contributed by atoms with van der Waals surface area (Å²) < 4.78 is 11.4. The van der Waals surface area contributed by atoms with Crippen LogP contribution in [0.2, 0.25) is 0 Å². The minimum absolute atomic E-state index is 0. The van der Waals surface area contributed by atoms with Crippen molar-refractivity contribution in [2.24, 2.45) is 10.4 Å². The molecule has 3 aliphatic rings. The average molecular weight is 417 g/mol. The van der Waals surface area contributed by atoms with Crippen LogP contribution in [-0.4, -0.2) is 25.7 Å². The maximum Gasteiger partial charge on any atom is 2.00 e. The second-order valence-electron chi connectivity index (χ2n) is 7.64. The standard InChI is InChI=1S/C19H22NO2.C5H5.Fe/c1-19(2,3)17-12-22-18(20-17)15-10-7-9-13(15)14-8-5-6-11-16(14)21-4;1-2-4-5-3-1;/h5-11,17H,12H2,1-4H3;1-5H;/q;;+2/t17-;;/m1../s1. The minimum Gasteiger partial charge on any atom is -0.496 e. The van der Waals surface area contributed by atoms with Gasteiger partial charge in [-0.1, -0.05) is 39.0 Å². The summed E-state index contributed by atoms with van der Waals surface area (Å²) in [6.45, 7) is 7.23. The first-order valence-corrected chi connectivity index (χ1v) is 9.27. The smallest absolute Gasteiger partial charge is 0.496 e. The number of nitrogens with zero attached hydrogens (tertiary/aromatic N) is 1. The molecule has 3 nitrogen and oxygen atoms in total. The summed E-state index contributed by atoms with van der Waals surface area (Å²) >= 11 is 0. The maximum atomic E-state index is 5.88. The molecule has 2 aliphatic carbocycles. The second kappa shape index (κ2) is 10.7. The van der Waals surface area contributed by atoms with Gasteiger partial charge >= 0.3 is 17.1 Å².